The molecule has 0 radical (unpaired) electrons. The Morgan fingerprint density at radius 3 is 2.57 bits per heavy atom. The van der Waals surface area contributed by atoms with Crippen molar-refractivity contribution in [3.63, 3.8) is 0 Å². The second-order valence-electron chi connectivity index (χ2n) is 3.28. The van der Waals surface area contributed by atoms with Crippen LogP contribution in [0.5, 0.6) is 0 Å². The first kappa shape index (κ1) is 8.48. The third-order valence-corrected chi connectivity index (χ3v) is 4.10. The molecule has 1 heterocycles. The number of hydrogen-bond donors (Lipinski definition) is 0. The molecule has 1 aromatic heterocycles. The molecule has 2 aromatic carbocycles. The van der Waals surface area contributed by atoms with E-state index in [4.69, 9.17) is 0 Å². The summed E-state index contributed by atoms with van der Waals surface area (Å²) in [4.78, 5) is 0. The normalized spacial score (nSPS) is 11.2. The van der Waals surface area contributed by atoms with E-state index in [2.05, 4.69) is 58.5 Å². The summed E-state index contributed by atoms with van der Waals surface area (Å²) in [5.74, 6) is 0. The maximum atomic E-state index is 2.60. The van der Waals surface area contributed by atoms with Crippen LogP contribution in [0.1, 0.15) is 0 Å². The molecule has 0 unspecified atom stereocenters. The van der Waals surface area contributed by atoms with E-state index in [0.29, 0.717) is 0 Å². The van der Waals surface area contributed by atoms with E-state index in [0.717, 1.165) is 0 Å². The quantitative estimate of drug-likeness (QED) is 0.547. The number of benzene rings is 2. The average Bonchev–Trinajstić information content (AvgIpc) is 2.56. The van der Waals surface area contributed by atoms with E-state index in [1.54, 1.807) is 0 Å². The molecular weight excluding hydrogens is 255 g/mol. The van der Waals surface area contributed by atoms with Gasteiger partial charge in [-0.05, 0) is 0 Å². The SMILES string of the molecule is [SeH]c1ccc2sc3ccccc3c2c1. The molecule has 3 rings (SSSR count). The first-order chi connectivity index (χ1) is 6.84. The first-order valence-corrected chi connectivity index (χ1v) is 6.20. The van der Waals surface area contributed by atoms with Gasteiger partial charge >= 0.3 is 94.4 Å². The molecule has 0 atom stereocenters. The van der Waals surface area contributed by atoms with Crippen molar-refractivity contribution in [3.05, 3.63) is 42.5 Å². The van der Waals surface area contributed by atoms with Crippen molar-refractivity contribution in [1.82, 2.24) is 0 Å². The van der Waals surface area contributed by atoms with Gasteiger partial charge in [-0.15, -0.1) is 0 Å². The van der Waals surface area contributed by atoms with Crippen LogP contribution < -0.4 is 4.46 Å². The van der Waals surface area contributed by atoms with Gasteiger partial charge < -0.3 is 0 Å². The molecule has 0 saturated carbocycles. The summed E-state index contributed by atoms with van der Waals surface area (Å²) in [5.41, 5.74) is 0. The third-order valence-electron chi connectivity index (χ3n) is 2.36. The molecule has 0 aliphatic heterocycles. The van der Waals surface area contributed by atoms with Crippen molar-refractivity contribution in [2.45, 2.75) is 0 Å². The zero-order valence-electron chi connectivity index (χ0n) is 7.40. The Kier molecular flexibility index (Phi) is 1.88. The van der Waals surface area contributed by atoms with Gasteiger partial charge in [-0.2, -0.15) is 0 Å². The van der Waals surface area contributed by atoms with Crippen LogP contribution in [0.3, 0.4) is 0 Å². The molecule has 68 valence electrons. The number of thiophene rings is 1. The summed E-state index contributed by atoms with van der Waals surface area (Å²) in [7, 11) is 0. The van der Waals surface area contributed by atoms with Gasteiger partial charge in [-0.1, -0.05) is 0 Å². The van der Waals surface area contributed by atoms with E-state index < -0.39 is 0 Å². The van der Waals surface area contributed by atoms with Crippen LogP contribution in [0.25, 0.3) is 20.2 Å². The summed E-state index contributed by atoms with van der Waals surface area (Å²) in [6.07, 6.45) is 0. The van der Waals surface area contributed by atoms with Gasteiger partial charge in [0.15, 0.2) is 0 Å². The number of hydrogen-bond acceptors (Lipinski definition) is 1. The molecular formula is C12H8SSe. The molecule has 0 nitrogen and oxygen atoms in total. The van der Waals surface area contributed by atoms with Gasteiger partial charge in [0.2, 0.25) is 0 Å². The second kappa shape index (κ2) is 3.09. The molecule has 0 spiro atoms. The molecule has 0 N–H and O–H groups in total. The molecule has 14 heavy (non-hydrogen) atoms. The molecule has 3 aromatic rings. The van der Waals surface area contributed by atoms with Crippen LogP contribution in [0.4, 0.5) is 0 Å². The van der Waals surface area contributed by atoms with Crippen molar-refractivity contribution < 1.29 is 0 Å². The van der Waals surface area contributed by atoms with Gasteiger partial charge in [-0.3, -0.25) is 0 Å². The molecule has 2 heteroatoms. The van der Waals surface area contributed by atoms with E-state index in [-0.39, 0.29) is 0 Å². The fourth-order valence-corrected chi connectivity index (χ4v) is 3.23. The third kappa shape index (κ3) is 1.19. The number of fused-ring (bicyclic) bond motifs is 3. The first-order valence-electron chi connectivity index (χ1n) is 4.45. The van der Waals surface area contributed by atoms with Gasteiger partial charge in [-0.25, -0.2) is 0 Å². The summed E-state index contributed by atoms with van der Waals surface area (Å²) in [5, 5.41) is 2.75. The van der Waals surface area contributed by atoms with Crippen LogP contribution in [-0.4, -0.2) is 16.0 Å². The van der Waals surface area contributed by atoms with E-state index in [1.807, 2.05) is 11.3 Å². The standard InChI is InChI=1S/C12H8SSe/c14-8-5-6-12-10(7-8)9-3-1-2-4-11(9)13-12/h1-7,14H. The Bertz CT molecular complexity index is 610. The zero-order chi connectivity index (χ0) is 9.54. The van der Waals surface area contributed by atoms with Gasteiger partial charge in [0.1, 0.15) is 0 Å². The maximum absolute atomic E-state index is 2.60. The molecule has 0 aliphatic rings. The van der Waals surface area contributed by atoms with Crippen LogP contribution in [0.2, 0.25) is 0 Å². The molecule has 0 amide bonds. The zero-order valence-corrected chi connectivity index (χ0v) is 10.1. The molecule has 0 fully saturated rings. The Labute approximate surface area is 94.4 Å². The van der Waals surface area contributed by atoms with E-state index >= 15 is 0 Å². The molecule has 0 bridgehead atoms. The Morgan fingerprint density at radius 2 is 1.64 bits per heavy atom. The van der Waals surface area contributed by atoms with Crippen LogP contribution in [0, 0.1) is 0 Å². The predicted octanol–water partition coefficient (Wildman–Crippen LogP) is 2.58. The number of rotatable bonds is 0. The summed E-state index contributed by atoms with van der Waals surface area (Å²) in [6.45, 7) is 0. The monoisotopic (exact) mass is 264 g/mol. The minimum absolute atomic E-state index is 1.27. The Hall–Kier alpha value is -0.821. The van der Waals surface area contributed by atoms with Crippen molar-refractivity contribution >= 4 is 52.0 Å². The summed E-state index contributed by atoms with van der Waals surface area (Å²) in [6, 6.07) is 15.2. The predicted molar refractivity (Wildman–Crippen MR) is 66.1 cm³/mol. The van der Waals surface area contributed by atoms with E-state index in [9.17, 15) is 0 Å². The summed E-state index contributed by atoms with van der Waals surface area (Å²) >= 11 is 4.46. The van der Waals surface area contributed by atoms with Crippen LogP contribution in [0.15, 0.2) is 42.5 Å². The summed E-state index contributed by atoms with van der Waals surface area (Å²) < 4.78 is 4.02. The average molecular weight is 263 g/mol. The van der Waals surface area contributed by atoms with Crippen LogP contribution in [-0.2, 0) is 0 Å². The Balaban J connectivity index is 2.58. The molecule has 0 aliphatic carbocycles. The van der Waals surface area contributed by atoms with Crippen LogP contribution >= 0.6 is 11.3 Å². The van der Waals surface area contributed by atoms with E-state index in [1.165, 1.54) is 24.6 Å². The van der Waals surface area contributed by atoms with Crippen molar-refractivity contribution in [3.8, 4) is 0 Å². The fraction of sp³-hybridized carbons (Fsp3) is 0. The van der Waals surface area contributed by atoms with Crippen molar-refractivity contribution in [2.24, 2.45) is 0 Å². The topological polar surface area (TPSA) is 0 Å². The van der Waals surface area contributed by atoms with Gasteiger partial charge in [0.25, 0.3) is 0 Å². The second-order valence-corrected chi connectivity index (χ2v) is 5.45. The molecule has 0 saturated heterocycles. The minimum atomic E-state index is 1.27. The Morgan fingerprint density at radius 1 is 0.857 bits per heavy atom. The van der Waals surface area contributed by atoms with Crippen molar-refractivity contribution in [1.29, 1.82) is 0 Å². The van der Waals surface area contributed by atoms with Gasteiger partial charge in [0, 0.05) is 0 Å². The van der Waals surface area contributed by atoms with Gasteiger partial charge in [0.05, 0.1) is 0 Å². The fourth-order valence-electron chi connectivity index (χ4n) is 1.71. The van der Waals surface area contributed by atoms with Crippen molar-refractivity contribution in [2.75, 3.05) is 0 Å².